The minimum absolute atomic E-state index is 0.210. The molecular weight excluding hydrogens is 426 g/mol. The molecule has 0 radical (unpaired) electrons. The topological polar surface area (TPSA) is 59.8 Å². The number of aliphatic hydroxyl groups excluding tert-OH is 1. The summed E-state index contributed by atoms with van der Waals surface area (Å²) < 4.78 is 14.3. The maximum absolute atomic E-state index is 10.7. The Hall–Kier alpha value is -2.67. The van der Waals surface area contributed by atoms with E-state index in [9.17, 15) is 5.11 Å². The predicted octanol–water partition coefficient (Wildman–Crippen LogP) is 5.37. The molecule has 1 aliphatic heterocycles. The molecule has 1 fully saturated rings. The number of aromatic nitrogens is 2. The largest absolute Gasteiger partial charge is 0.439 e. The summed E-state index contributed by atoms with van der Waals surface area (Å²) in [6, 6.07) is 20.0. The van der Waals surface area contributed by atoms with Crippen molar-refractivity contribution in [2.75, 3.05) is 19.7 Å². The maximum atomic E-state index is 10.7. The third-order valence-corrected chi connectivity index (χ3v) is 6.27. The van der Waals surface area contributed by atoms with Gasteiger partial charge in [-0.1, -0.05) is 56.7 Å². The highest BCUT2D eigenvalue weighted by Crippen LogP contribution is 2.32. The van der Waals surface area contributed by atoms with E-state index in [0.717, 1.165) is 73.8 Å². The fourth-order valence-corrected chi connectivity index (χ4v) is 4.60. The second kappa shape index (κ2) is 12.2. The smallest absolute Gasteiger partial charge is 0.227 e. The molecule has 2 atom stereocenters. The van der Waals surface area contributed by atoms with E-state index < -0.39 is 0 Å². The van der Waals surface area contributed by atoms with Crippen LogP contribution in [-0.4, -0.2) is 51.7 Å². The number of hydrogen-bond acceptors (Lipinski definition) is 5. The van der Waals surface area contributed by atoms with Crippen molar-refractivity contribution in [3.63, 3.8) is 0 Å². The Labute approximate surface area is 203 Å². The molecule has 2 heterocycles. The van der Waals surface area contributed by atoms with Gasteiger partial charge >= 0.3 is 0 Å². The second-order valence-electron chi connectivity index (χ2n) is 9.02. The molecule has 0 spiro atoms. The molecule has 0 unspecified atom stereocenters. The van der Waals surface area contributed by atoms with Crippen LogP contribution in [0.1, 0.15) is 50.8 Å². The molecule has 6 nitrogen and oxygen atoms in total. The molecule has 1 aliphatic rings. The van der Waals surface area contributed by atoms with Gasteiger partial charge in [-0.3, -0.25) is 4.90 Å². The molecule has 182 valence electrons. The standard InChI is InChI=1S/C28H37N3O3/c1-3-12-23(32)19-30(20-25-17-11-18-33-25)21-26-27(4-2)29-31(22-13-7-5-8-14-22)28(26)34-24-15-9-6-10-16-24/h5-10,13-16,23,25,32H,3-4,11-12,17-21H2,1-2H3/t23-,25-/m0/s1. The van der Waals surface area contributed by atoms with Crippen LogP contribution in [0.3, 0.4) is 0 Å². The van der Waals surface area contributed by atoms with Crippen molar-refractivity contribution in [1.82, 2.24) is 14.7 Å². The number of ether oxygens (including phenoxy) is 2. The lowest BCUT2D eigenvalue weighted by atomic mass is 10.1. The zero-order valence-corrected chi connectivity index (χ0v) is 20.4. The molecule has 2 aromatic carbocycles. The summed E-state index contributed by atoms with van der Waals surface area (Å²) in [6.07, 6.45) is 4.57. The molecule has 4 rings (SSSR count). The summed E-state index contributed by atoms with van der Waals surface area (Å²) in [7, 11) is 0. The van der Waals surface area contributed by atoms with Crippen LogP contribution in [0.2, 0.25) is 0 Å². The van der Waals surface area contributed by atoms with Gasteiger partial charge in [0.2, 0.25) is 5.88 Å². The first-order valence-corrected chi connectivity index (χ1v) is 12.6. The molecule has 0 aliphatic carbocycles. The number of aryl methyl sites for hydroxylation is 1. The van der Waals surface area contributed by atoms with Gasteiger partial charge in [0.25, 0.3) is 0 Å². The van der Waals surface area contributed by atoms with Crippen LogP contribution in [0.25, 0.3) is 5.69 Å². The average molecular weight is 464 g/mol. The van der Waals surface area contributed by atoms with Crippen molar-refractivity contribution >= 4 is 0 Å². The highest BCUT2D eigenvalue weighted by Gasteiger charge is 2.26. The number of para-hydroxylation sites is 2. The van der Waals surface area contributed by atoms with Gasteiger partial charge in [0.15, 0.2) is 0 Å². The average Bonchev–Trinajstić information content (AvgIpc) is 3.48. The molecule has 3 aromatic rings. The molecule has 1 N–H and O–H groups in total. The van der Waals surface area contributed by atoms with Gasteiger partial charge in [-0.05, 0) is 49.9 Å². The van der Waals surface area contributed by atoms with Crippen LogP contribution in [0, 0.1) is 0 Å². The zero-order valence-electron chi connectivity index (χ0n) is 20.4. The third kappa shape index (κ3) is 6.26. The Balaban J connectivity index is 1.70. The summed E-state index contributed by atoms with van der Waals surface area (Å²) >= 11 is 0. The SMILES string of the molecule is CCC[C@H](O)CN(Cc1c(CC)nn(-c2ccccc2)c1Oc1ccccc1)C[C@@H]1CCCO1. The Kier molecular flexibility index (Phi) is 8.74. The highest BCUT2D eigenvalue weighted by molar-refractivity contribution is 5.43. The lowest BCUT2D eigenvalue weighted by Gasteiger charge is -2.27. The normalized spacial score (nSPS) is 16.8. The fourth-order valence-electron chi connectivity index (χ4n) is 4.60. The Morgan fingerprint density at radius 3 is 2.50 bits per heavy atom. The van der Waals surface area contributed by atoms with Crippen LogP contribution >= 0.6 is 0 Å². The molecular formula is C28H37N3O3. The van der Waals surface area contributed by atoms with Crippen molar-refractivity contribution in [3.05, 3.63) is 71.9 Å². The number of nitrogens with zero attached hydrogens (tertiary/aromatic N) is 3. The first-order chi connectivity index (χ1) is 16.7. The lowest BCUT2D eigenvalue weighted by molar-refractivity contribution is 0.0437. The number of hydrogen-bond donors (Lipinski definition) is 1. The molecule has 0 bridgehead atoms. The minimum atomic E-state index is -0.362. The van der Waals surface area contributed by atoms with Gasteiger partial charge in [0, 0.05) is 26.2 Å². The van der Waals surface area contributed by atoms with E-state index >= 15 is 0 Å². The molecule has 6 heteroatoms. The van der Waals surface area contributed by atoms with Gasteiger partial charge in [-0.25, -0.2) is 4.68 Å². The summed E-state index contributed by atoms with van der Waals surface area (Å²) in [6.45, 7) is 7.12. The zero-order chi connectivity index (χ0) is 23.8. The van der Waals surface area contributed by atoms with Gasteiger partial charge in [-0.15, -0.1) is 0 Å². The summed E-state index contributed by atoms with van der Waals surface area (Å²) in [5, 5.41) is 15.6. The minimum Gasteiger partial charge on any atom is -0.439 e. The van der Waals surface area contributed by atoms with Crippen LogP contribution in [0.5, 0.6) is 11.6 Å². The first kappa shape index (κ1) is 24.5. The fraction of sp³-hybridized carbons (Fsp3) is 0.464. The van der Waals surface area contributed by atoms with Crippen molar-refractivity contribution in [2.24, 2.45) is 0 Å². The van der Waals surface area contributed by atoms with Crippen LogP contribution in [0.15, 0.2) is 60.7 Å². The molecule has 34 heavy (non-hydrogen) atoms. The third-order valence-electron chi connectivity index (χ3n) is 6.27. The van der Waals surface area contributed by atoms with Crippen LogP contribution in [-0.2, 0) is 17.7 Å². The molecule has 0 amide bonds. The summed E-state index contributed by atoms with van der Waals surface area (Å²) in [5.74, 6) is 1.51. The van der Waals surface area contributed by atoms with Gasteiger partial charge in [0.1, 0.15) is 5.75 Å². The highest BCUT2D eigenvalue weighted by atomic mass is 16.5. The van der Waals surface area contributed by atoms with Gasteiger partial charge < -0.3 is 14.6 Å². The van der Waals surface area contributed by atoms with Crippen LogP contribution in [0.4, 0.5) is 0 Å². The predicted molar refractivity (Wildman–Crippen MR) is 135 cm³/mol. The van der Waals surface area contributed by atoms with E-state index in [0.29, 0.717) is 13.1 Å². The Morgan fingerprint density at radius 2 is 1.85 bits per heavy atom. The van der Waals surface area contributed by atoms with Crippen molar-refractivity contribution < 1.29 is 14.6 Å². The molecule has 1 saturated heterocycles. The van der Waals surface area contributed by atoms with Gasteiger partial charge in [0.05, 0.1) is 29.2 Å². The summed E-state index contributed by atoms with van der Waals surface area (Å²) in [4.78, 5) is 2.32. The lowest BCUT2D eigenvalue weighted by Crippen LogP contribution is -2.37. The van der Waals surface area contributed by atoms with E-state index in [1.807, 2.05) is 65.3 Å². The number of aliphatic hydroxyl groups is 1. The summed E-state index contributed by atoms with van der Waals surface area (Å²) in [5.41, 5.74) is 3.04. The Morgan fingerprint density at radius 1 is 1.12 bits per heavy atom. The maximum Gasteiger partial charge on any atom is 0.227 e. The van der Waals surface area contributed by atoms with E-state index in [-0.39, 0.29) is 12.2 Å². The number of rotatable bonds is 12. The first-order valence-electron chi connectivity index (χ1n) is 12.6. The van der Waals surface area contributed by atoms with E-state index in [4.69, 9.17) is 14.6 Å². The quantitative estimate of drug-likeness (QED) is 0.391. The van der Waals surface area contributed by atoms with Crippen molar-refractivity contribution in [2.45, 2.75) is 64.7 Å². The van der Waals surface area contributed by atoms with Crippen molar-refractivity contribution in [1.29, 1.82) is 0 Å². The molecule has 0 saturated carbocycles. The van der Waals surface area contributed by atoms with Crippen molar-refractivity contribution in [3.8, 4) is 17.3 Å². The van der Waals surface area contributed by atoms with Crippen LogP contribution < -0.4 is 4.74 Å². The monoisotopic (exact) mass is 463 g/mol. The molecule has 1 aromatic heterocycles. The van der Waals surface area contributed by atoms with E-state index in [2.05, 4.69) is 18.7 Å². The second-order valence-corrected chi connectivity index (χ2v) is 9.02. The van der Waals surface area contributed by atoms with Gasteiger partial charge in [-0.2, -0.15) is 5.10 Å². The van der Waals surface area contributed by atoms with E-state index in [1.54, 1.807) is 0 Å². The Bertz CT molecular complexity index is 1000. The number of benzene rings is 2. The van der Waals surface area contributed by atoms with E-state index in [1.165, 1.54) is 0 Å².